The molecule has 12 heteroatoms. The zero-order valence-electron chi connectivity index (χ0n) is 19.5. The van der Waals surface area contributed by atoms with Gasteiger partial charge < -0.3 is 25.5 Å². The molecule has 0 unspecified atom stereocenters. The maximum atomic E-state index is 13.1. The van der Waals surface area contributed by atoms with Gasteiger partial charge in [-0.15, -0.1) is 16.9 Å². The summed E-state index contributed by atoms with van der Waals surface area (Å²) in [7, 11) is 5.28. The molecule has 33 heavy (non-hydrogen) atoms. The minimum absolute atomic E-state index is 0.0170. The van der Waals surface area contributed by atoms with E-state index in [1.54, 1.807) is 23.7 Å². The molecule has 1 aromatic rings. The van der Waals surface area contributed by atoms with Crippen LogP contribution < -0.4 is 10.6 Å². The second kappa shape index (κ2) is 9.07. The first kappa shape index (κ1) is 23.7. The van der Waals surface area contributed by atoms with Crippen molar-refractivity contribution in [2.75, 3.05) is 27.7 Å². The van der Waals surface area contributed by atoms with Crippen LogP contribution in [0, 0.1) is 11.8 Å². The van der Waals surface area contributed by atoms with E-state index in [-0.39, 0.29) is 52.7 Å². The van der Waals surface area contributed by atoms with E-state index in [1.165, 1.54) is 16.7 Å². The summed E-state index contributed by atoms with van der Waals surface area (Å²) >= 11 is 1.49. The number of nitrogens with zero attached hydrogens (tertiary/aromatic N) is 5. The summed E-state index contributed by atoms with van der Waals surface area (Å²) in [5.74, 6) is -1.75. The molecule has 3 aliphatic heterocycles. The highest BCUT2D eigenvalue weighted by Gasteiger charge is 2.60. The number of rotatable bonds is 8. The van der Waals surface area contributed by atoms with Crippen molar-refractivity contribution in [2.24, 2.45) is 11.8 Å². The van der Waals surface area contributed by atoms with Gasteiger partial charge in [-0.25, -0.2) is 9.48 Å². The molecule has 0 aromatic carbocycles. The van der Waals surface area contributed by atoms with Crippen molar-refractivity contribution in [3.8, 4) is 0 Å². The SMILES string of the molecule is CNCc1cn([C@H](C)[C@H]2C(=O)N3C(C(=O)O)=C(S[C@H]4CN[C@H](C(=O)N(C)C)C4)[C@H](C)[C@H]23)nn1. The number of thioether (sulfide) groups is 1. The van der Waals surface area contributed by atoms with Crippen LogP contribution in [0.25, 0.3) is 0 Å². The molecule has 2 saturated heterocycles. The number of carbonyl (C=O) groups excluding carboxylic acids is 2. The fourth-order valence-corrected chi connectivity index (χ4v) is 6.57. The monoisotopic (exact) mass is 477 g/mol. The normalized spacial score (nSPS) is 29.8. The van der Waals surface area contributed by atoms with Gasteiger partial charge in [0.25, 0.3) is 0 Å². The zero-order chi connectivity index (χ0) is 24.0. The predicted octanol–water partition coefficient (Wildman–Crippen LogP) is -0.117. The summed E-state index contributed by atoms with van der Waals surface area (Å²) in [5.41, 5.74) is 0.867. The predicted molar refractivity (Wildman–Crippen MR) is 122 cm³/mol. The molecule has 0 aliphatic carbocycles. The van der Waals surface area contributed by atoms with E-state index in [1.807, 2.05) is 27.1 Å². The van der Waals surface area contributed by atoms with E-state index in [0.717, 1.165) is 10.6 Å². The Balaban J connectivity index is 1.51. The number of carboxylic acids is 1. The molecule has 2 amide bonds. The average Bonchev–Trinajstić information content (AvgIpc) is 3.47. The summed E-state index contributed by atoms with van der Waals surface area (Å²) in [5, 5.41) is 24.6. The molecule has 180 valence electrons. The van der Waals surface area contributed by atoms with Gasteiger partial charge in [-0.1, -0.05) is 12.1 Å². The van der Waals surface area contributed by atoms with Crippen molar-refractivity contribution >= 4 is 29.5 Å². The van der Waals surface area contributed by atoms with Gasteiger partial charge in [0.05, 0.1) is 35.9 Å². The molecular formula is C21H31N7O4S. The number of carbonyl (C=O) groups is 3. The molecule has 1 aromatic heterocycles. The van der Waals surface area contributed by atoms with Gasteiger partial charge in [-0.3, -0.25) is 9.59 Å². The van der Waals surface area contributed by atoms with Gasteiger partial charge in [0.15, 0.2) is 0 Å². The largest absolute Gasteiger partial charge is 0.477 e. The van der Waals surface area contributed by atoms with Gasteiger partial charge in [-0.2, -0.15) is 0 Å². The molecule has 3 N–H and O–H groups in total. The number of hydrogen-bond donors (Lipinski definition) is 3. The van der Waals surface area contributed by atoms with E-state index >= 15 is 0 Å². The Morgan fingerprint density at radius 1 is 1.42 bits per heavy atom. The third-order valence-electron chi connectivity index (χ3n) is 6.77. The lowest BCUT2D eigenvalue weighted by molar-refractivity contribution is -0.159. The third kappa shape index (κ3) is 4.04. The Kier molecular flexibility index (Phi) is 6.52. The lowest BCUT2D eigenvalue weighted by Crippen LogP contribution is -2.62. The molecule has 4 rings (SSSR count). The van der Waals surface area contributed by atoms with Gasteiger partial charge in [0.2, 0.25) is 11.8 Å². The van der Waals surface area contributed by atoms with E-state index in [2.05, 4.69) is 20.9 Å². The highest BCUT2D eigenvalue weighted by molar-refractivity contribution is 8.03. The maximum Gasteiger partial charge on any atom is 0.353 e. The van der Waals surface area contributed by atoms with Crippen molar-refractivity contribution in [1.82, 2.24) is 35.4 Å². The quantitative estimate of drug-likeness (QED) is 0.438. The molecule has 4 heterocycles. The molecule has 0 saturated carbocycles. The highest BCUT2D eigenvalue weighted by Crippen LogP contribution is 2.53. The maximum absolute atomic E-state index is 13.1. The number of aromatic nitrogens is 3. The van der Waals surface area contributed by atoms with Crippen LogP contribution in [0.15, 0.2) is 16.8 Å². The van der Waals surface area contributed by atoms with Crippen LogP contribution in [0.3, 0.4) is 0 Å². The third-order valence-corrected chi connectivity index (χ3v) is 8.28. The smallest absolute Gasteiger partial charge is 0.353 e. The minimum Gasteiger partial charge on any atom is -0.477 e. The Hall–Kier alpha value is -2.44. The van der Waals surface area contributed by atoms with Crippen LogP contribution in [0.1, 0.15) is 32.0 Å². The van der Waals surface area contributed by atoms with Crippen LogP contribution in [0.4, 0.5) is 0 Å². The molecule has 0 radical (unpaired) electrons. The summed E-state index contributed by atoms with van der Waals surface area (Å²) in [6.45, 7) is 5.11. The number of likely N-dealkylation sites (N-methyl/N-ethyl adjacent to an activating group) is 1. The average molecular weight is 478 g/mol. The standard InChI is InChI=1S/C21H31N7O4S/c1-10-16-15(11(2)27-9-12(7-22-3)24-25-27)20(30)28(16)17(21(31)32)18(10)33-13-6-14(23-8-13)19(29)26(4)5/h9-11,13-16,22-23H,6-8H2,1-5H3,(H,31,32)/t10-,11-,13-,14+,15-,16-/m1/s1. The molecule has 2 fully saturated rings. The number of amides is 2. The summed E-state index contributed by atoms with van der Waals surface area (Å²) in [6, 6.07) is -0.741. The summed E-state index contributed by atoms with van der Waals surface area (Å²) in [4.78, 5) is 41.3. The molecular weight excluding hydrogens is 446 g/mol. The number of aliphatic carboxylic acids is 1. The zero-order valence-corrected chi connectivity index (χ0v) is 20.3. The van der Waals surface area contributed by atoms with Gasteiger partial charge in [-0.05, 0) is 20.4 Å². The van der Waals surface area contributed by atoms with Gasteiger partial charge in [0.1, 0.15) is 5.70 Å². The molecule has 11 nitrogen and oxygen atoms in total. The number of nitrogens with one attached hydrogen (secondary N) is 2. The van der Waals surface area contributed by atoms with Crippen molar-refractivity contribution < 1.29 is 19.5 Å². The minimum atomic E-state index is -1.09. The van der Waals surface area contributed by atoms with Crippen molar-refractivity contribution in [1.29, 1.82) is 0 Å². The van der Waals surface area contributed by atoms with Crippen molar-refractivity contribution in [2.45, 2.75) is 50.2 Å². The second-order valence-corrected chi connectivity index (χ2v) is 10.5. The van der Waals surface area contributed by atoms with Crippen LogP contribution in [-0.2, 0) is 20.9 Å². The Bertz CT molecular complexity index is 993. The molecule has 3 aliphatic rings. The number of fused-ring (bicyclic) bond motifs is 1. The second-order valence-electron chi connectivity index (χ2n) is 9.16. The lowest BCUT2D eigenvalue weighted by Gasteiger charge is -2.47. The number of β-lactam (4-membered cyclic amide) rings is 1. The van der Waals surface area contributed by atoms with E-state index in [4.69, 9.17) is 0 Å². The van der Waals surface area contributed by atoms with Gasteiger partial charge >= 0.3 is 5.97 Å². The summed E-state index contributed by atoms with van der Waals surface area (Å²) in [6.07, 6.45) is 2.44. The van der Waals surface area contributed by atoms with E-state index < -0.39 is 5.97 Å². The first-order valence-corrected chi connectivity index (χ1v) is 12.0. The van der Waals surface area contributed by atoms with E-state index in [0.29, 0.717) is 19.5 Å². The van der Waals surface area contributed by atoms with Crippen molar-refractivity contribution in [3.05, 3.63) is 22.5 Å². The first-order valence-electron chi connectivity index (χ1n) is 11.1. The highest BCUT2D eigenvalue weighted by atomic mass is 32.2. The Labute approximate surface area is 196 Å². The topological polar surface area (TPSA) is 133 Å². The Morgan fingerprint density at radius 3 is 2.79 bits per heavy atom. The number of hydrogen-bond acceptors (Lipinski definition) is 8. The summed E-state index contributed by atoms with van der Waals surface area (Å²) < 4.78 is 1.70. The fraction of sp³-hybridized carbons (Fsp3) is 0.667. The number of carboxylic acid groups (broad SMARTS) is 1. The van der Waals surface area contributed by atoms with Crippen LogP contribution in [0.2, 0.25) is 0 Å². The van der Waals surface area contributed by atoms with Crippen LogP contribution >= 0.6 is 11.8 Å². The van der Waals surface area contributed by atoms with E-state index in [9.17, 15) is 19.5 Å². The van der Waals surface area contributed by atoms with Crippen LogP contribution in [0.5, 0.6) is 0 Å². The molecule has 0 spiro atoms. The van der Waals surface area contributed by atoms with Crippen LogP contribution in [-0.4, -0.2) is 92.7 Å². The Morgan fingerprint density at radius 2 is 2.15 bits per heavy atom. The van der Waals surface area contributed by atoms with Gasteiger partial charge in [0, 0.05) is 43.3 Å². The first-order chi connectivity index (χ1) is 15.6. The molecule has 6 atom stereocenters. The fourth-order valence-electron chi connectivity index (χ4n) is 5.09. The van der Waals surface area contributed by atoms with Crippen molar-refractivity contribution in [3.63, 3.8) is 0 Å². The molecule has 0 bridgehead atoms. The lowest BCUT2D eigenvalue weighted by atomic mass is 9.78.